The van der Waals surface area contributed by atoms with Crippen molar-refractivity contribution in [2.24, 2.45) is 0 Å². The van der Waals surface area contributed by atoms with Gasteiger partial charge in [0.25, 0.3) is 0 Å². The molecular weight excluding hydrogens is 1080 g/mol. The lowest BCUT2D eigenvalue weighted by molar-refractivity contribution is -0.143. The molecule has 0 spiro atoms. The van der Waals surface area contributed by atoms with E-state index in [0.29, 0.717) is 25.9 Å². The van der Waals surface area contributed by atoms with Crippen LogP contribution in [0.1, 0.15) is 450 Å². The van der Waals surface area contributed by atoms with Crippen LogP contribution in [-0.4, -0.2) is 47.4 Å². The molecule has 0 aromatic rings. The van der Waals surface area contributed by atoms with Crippen molar-refractivity contribution >= 4 is 11.9 Å². The summed E-state index contributed by atoms with van der Waals surface area (Å²) in [6.45, 7) is 4.98. The highest BCUT2D eigenvalue weighted by atomic mass is 16.5. The van der Waals surface area contributed by atoms with E-state index in [0.717, 1.165) is 51.4 Å². The largest absolute Gasteiger partial charge is 0.466 e. The molecule has 6 heteroatoms. The molecular formula is C82H157NO5. The average molecular weight is 1240 g/mol. The lowest BCUT2D eigenvalue weighted by Crippen LogP contribution is -2.45. The Morgan fingerprint density at radius 1 is 0.318 bits per heavy atom. The van der Waals surface area contributed by atoms with Crippen LogP contribution in [0.15, 0.2) is 36.5 Å². The number of ether oxygens (including phenoxy) is 1. The summed E-state index contributed by atoms with van der Waals surface area (Å²) >= 11 is 0. The third-order valence-electron chi connectivity index (χ3n) is 18.9. The Hall–Kier alpha value is -1.92. The molecule has 2 atom stereocenters. The summed E-state index contributed by atoms with van der Waals surface area (Å²) in [5.74, 6) is -0.0219. The van der Waals surface area contributed by atoms with Gasteiger partial charge in [-0.3, -0.25) is 9.59 Å². The van der Waals surface area contributed by atoms with Crippen LogP contribution >= 0.6 is 0 Å². The maximum atomic E-state index is 12.6. The van der Waals surface area contributed by atoms with E-state index in [2.05, 4.69) is 55.6 Å². The summed E-state index contributed by atoms with van der Waals surface area (Å²) in [5.41, 5.74) is 0. The first kappa shape index (κ1) is 86.1. The molecule has 1 amide bonds. The molecule has 0 rings (SSSR count). The van der Waals surface area contributed by atoms with Gasteiger partial charge in [-0.25, -0.2) is 0 Å². The predicted octanol–water partition coefficient (Wildman–Crippen LogP) is 26.6. The van der Waals surface area contributed by atoms with Gasteiger partial charge in [-0.1, -0.05) is 391 Å². The fourth-order valence-electron chi connectivity index (χ4n) is 12.8. The van der Waals surface area contributed by atoms with Crippen molar-refractivity contribution in [2.45, 2.75) is 463 Å². The molecule has 0 radical (unpaired) electrons. The van der Waals surface area contributed by atoms with Gasteiger partial charge in [-0.15, -0.1) is 0 Å². The Morgan fingerprint density at radius 3 is 0.886 bits per heavy atom. The molecule has 520 valence electrons. The van der Waals surface area contributed by atoms with E-state index < -0.39 is 12.1 Å². The van der Waals surface area contributed by atoms with Gasteiger partial charge in [-0.05, 0) is 83.5 Å². The van der Waals surface area contributed by atoms with Gasteiger partial charge in [0, 0.05) is 12.8 Å². The number of unbranched alkanes of at least 4 members (excludes halogenated alkanes) is 59. The Bertz CT molecular complexity index is 1430. The molecule has 0 fully saturated rings. The van der Waals surface area contributed by atoms with Gasteiger partial charge in [0.05, 0.1) is 25.4 Å². The summed E-state index contributed by atoms with van der Waals surface area (Å²) in [6, 6.07) is -0.542. The minimum absolute atomic E-state index is 0.00561. The number of carbonyl (C=O) groups is 2. The maximum absolute atomic E-state index is 12.6. The number of nitrogens with one attached hydrogen (secondary N) is 1. The van der Waals surface area contributed by atoms with Gasteiger partial charge in [0.15, 0.2) is 0 Å². The summed E-state index contributed by atoms with van der Waals surface area (Å²) in [4.78, 5) is 24.6. The minimum Gasteiger partial charge on any atom is -0.466 e. The van der Waals surface area contributed by atoms with Crippen LogP contribution in [0.4, 0.5) is 0 Å². The van der Waals surface area contributed by atoms with E-state index in [-0.39, 0.29) is 18.5 Å². The zero-order chi connectivity index (χ0) is 63.5. The SMILES string of the molecule is CCCCCC/C=C\CCCCCCCC(=O)OCCCCCCCCCCC/C=C\C/C=C\CCCCCCCCCCCCCCCCCCCC(=O)NC(CO)C(O)CCCCCCCCCCCCCCCCCCCCCCCCCCC. The highest BCUT2D eigenvalue weighted by Crippen LogP contribution is 2.20. The molecule has 0 aliphatic heterocycles. The average Bonchev–Trinajstić information content (AvgIpc) is 3.54. The number of allylic oxidation sites excluding steroid dienone is 6. The first-order valence-electron chi connectivity index (χ1n) is 40.2. The van der Waals surface area contributed by atoms with Gasteiger partial charge >= 0.3 is 5.97 Å². The number of rotatable bonds is 76. The lowest BCUT2D eigenvalue weighted by Gasteiger charge is -2.22. The van der Waals surface area contributed by atoms with Crippen LogP contribution in [0.25, 0.3) is 0 Å². The first-order chi connectivity index (χ1) is 43.5. The second kappa shape index (κ2) is 77.5. The van der Waals surface area contributed by atoms with Crippen LogP contribution < -0.4 is 5.32 Å². The first-order valence-corrected chi connectivity index (χ1v) is 40.2. The minimum atomic E-state index is -0.665. The molecule has 0 saturated carbocycles. The highest BCUT2D eigenvalue weighted by Gasteiger charge is 2.20. The van der Waals surface area contributed by atoms with Gasteiger partial charge in [-0.2, -0.15) is 0 Å². The lowest BCUT2D eigenvalue weighted by atomic mass is 10.0. The smallest absolute Gasteiger partial charge is 0.305 e. The molecule has 0 heterocycles. The van der Waals surface area contributed by atoms with Gasteiger partial charge in [0.2, 0.25) is 5.91 Å². The molecule has 0 bridgehead atoms. The number of hydrogen-bond donors (Lipinski definition) is 3. The molecule has 6 nitrogen and oxygen atoms in total. The van der Waals surface area contributed by atoms with Crippen molar-refractivity contribution in [2.75, 3.05) is 13.2 Å². The van der Waals surface area contributed by atoms with Crippen molar-refractivity contribution < 1.29 is 24.5 Å². The molecule has 3 N–H and O–H groups in total. The molecule has 0 aliphatic rings. The topological polar surface area (TPSA) is 95.9 Å². The number of aliphatic hydroxyl groups excluding tert-OH is 2. The fraction of sp³-hybridized carbons (Fsp3) is 0.902. The number of hydrogen-bond acceptors (Lipinski definition) is 5. The molecule has 88 heavy (non-hydrogen) atoms. The molecule has 0 aromatic carbocycles. The number of aliphatic hydroxyl groups is 2. The maximum Gasteiger partial charge on any atom is 0.305 e. The van der Waals surface area contributed by atoms with Crippen LogP contribution in [0.5, 0.6) is 0 Å². The summed E-state index contributed by atoms with van der Waals surface area (Å²) in [5, 5.41) is 23.5. The Balaban J connectivity index is 3.38. The second-order valence-electron chi connectivity index (χ2n) is 27.7. The molecule has 0 aromatic heterocycles. The third kappa shape index (κ3) is 73.1. The van der Waals surface area contributed by atoms with E-state index in [9.17, 15) is 19.8 Å². The Labute approximate surface area is 551 Å². The van der Waals surface area contributed by atoms with Crippen LogP contribution in [0, 0.1) is 0 Å². The van der Waals surface area contributed by atoms with Crippen LogP contribution in [-0.2, 0) is 14.3 Å². The number of amides is 1. The Kier molecular flexibility index (Phi) is 75.8. The van der Waals surface area contributed by atoms with Gasteiger partial charge in [0.1, 0.15) is 0 Å². The normalized spacial score (nSPS) is 12.6. The summed E-state index contributed by atoms with van der Waals surface area (Å²) < 4.78 is 5.48. The monoisotopic (exact) mass is 1240 g/mol. The number of esters is 1. The van der Waals surface area contributed by atoms with Crippen LogP contribution in [0.2, 0.25) is 0 Å². The molecule has 0 aliphatic carbocycles. The van der Waals surface area contributed by atoms with Gasteiger partial charge < -0.3 is 20.3 Å². The van der Waals surface area contributed by atoms with E-state index >= 15 is 0 Å². The highest BCUT2D eigenvalue weighted by molar-refractivity contribution is 5.76. The zero-order valence-corrected chi connectivity index (χ0v) is 59.7. The standard InChI is InChI=1S/C82H157NO5/c1-3-5-7-9-11-13-15-17-18-19-20-21-22-32-35-38-41-44-47-51-54-58-62-66-70-74-80(85)79(78-84)83-81(86)75-71-67-63-59-55-52-48-45-42-39-36-33-30-28-26-24-23-25-27-29-31-34-37-40-43-46-49-53-57-61-65-69-73-77-88-82(87)76-72-68-64-60-56-50-16-14-12-10-8-6-4-2/h14,16,27,29,34,37,79-80,84-85H,3-13,15,17-26,28,30-33,35-36,38-78H2,1-2H3,(H,83,86)/b16-14-,29-27-,37-34-. The summed E-state index contributed by atoms with van der Waals surface area (Å²) in [6.07, 6.45) is 101. The van der Waals surface area contributed by atoms with Crippen molar-refractivity contribution in [1.82, 2.24) is 5.32 Å². The van der Waals surface area contributed by atoms with Crippen molar-refractivity contribution in [3.8, 4) is 0 Å². The molecule has 0 saturated heterocycles. The van der Waals surface area contributed by atoms with Crippen molar-refractivity contribution in [3.05, 3.63) is 36.5 Å². The van der Waals surface area contributed by atoms with E-state index in [1.54, 1.807) is 0 Å². The number of carbonyl (C=O) groups excluding carboxylic acids is 2. The molecule has 2 unspecified atom stereocenters. The van der Waals surface area contributed by atoms with Crippen molar-refractivity contribution in [3.63, 3.8) is 0 Å². The summed E-state index contributed by atoms with van der Waals surface area (Å²) in [7, 11) is 0. The van der Waals surface area contributed by atoms with Crippen LogP contribution in [0.3, 0.4) is 0 Å². The van der Waals surface area contributed by atoms with E-state index in [1.165, 1.54) is 366 Å². The Morgan fingerprint density at radius 2 is 0.568 bits per heavy atom. The fourth-order valence-corrected chi connectivity index (χ4v) is 12.8. The quantitative estimate of drug-likeness (QED) is 0.0320. The van der Waals surface area contributed by atoms with E-state index in [4.69, 9.17) is 4.74 Å². The second-order valence-corrected chi connectivity index (χ2v) is 27.7. The van der Waals surface area contributed by atoms with Crippen molar-refractivity contribution in [1.29, 1.82) is 0 Å². The third-order valence-corrected chi connectivity index (χ3v) is 18.9. The van der Waals surface area contributed by atoms with E-state index in [1.807, 2.05) is 0 Å². The predicted molar refractivity (Wildman–Crippen MR) is 389 cm³/mol. The zero-order valence-electron chi connectivity index (χ0n) is 59.7.